The van der Waals surface area contributed by atoms with E-state index >= 15 is 0 Å². The van der Waals surface area contributed by atoms with Crippen molar-refractivity contribution in [1.29, 1.82) is 0 Å². The van der Waals surface area contributed by atoms with Crippen molar-refractivity contribution in [2.75, 3.05) is 63.2 Å². The molecule has 3 aromatic rings. The molecular weight excluding hydrogens is 488 g/mol. The second kappa shape index (κ2) is 9.71. The highest BCUT2D eigenvalue weighted by Gasteiger charge is 2.47. The van der Waals surface area contributed by atoms with E-state index in [1.807, 2.05) is 25.1 Å². The monoisotopic (exact) mass is 524 g/mol. The molecular formula is C32H36N4O3. The lowest BCUT2D eigenvalue weighted by Crippen LogP contribution is -2.49. The van der Waals surface area contributed by atoms with Gasteiger partial charge in [-0.1, -0.05) is 12.0 Å². The van der Waals surface area contributed by atoms with Gasteiger partial charge in [-0.15, -0.1) is 5.92 Å². The SMILES string of the molecule is CC#Cc1cc2c(cc1N1CCC(N3CCOCC3)CC1)C1(CCOCC1)c1[nH]c3cc(N)ccc3c1C2=O. The molecule has 3 N–H and O–H groups in total. The molecule has 4 aliphatic rings. The number of nitrogens with zero attached hydrogens (tertiary/aromatic N) is 2. The number of aromatic nitrogens is 1. The summed E-state index contributed by atoms with van der Waals surface area (Å²) in [5.41, 5.74) is 13.3. The molecule has 7 nitrogen and oxygen atoms in total. The molecule has 3 saturated heterocycles. The van der Waals surface area contributed by atoms with Crippen LogP contribution in [0, 0.1) is 11.8 Å². The average molecular weight is 525 g/mol. The number of carbonyl (C=O) groups is 1. The van der Waals surface area contributed by atoms with Gasteiger partial charge in [0.2, 0.25) is 0 Å². The van der Waals surface area contributed by atoms with Gasteiger partial charge in [0.05, 0.1) is 24.5 Å². The smallest absolute Gasteiger partial charge is 0.195 e. The minimum atomic E-state index is -0.302. The summed E-state index contributed by atoms with van der Waals surface area (Å²) in [6, 6.07) is 10.8. The van der Waals surface area contributed by atoms with Crippen LogP contribution in [0.3, 0.4) is 0 Å². The van der Waals surface area contributed by atoms with Crippen LogP contribution in [0.2, 0.25) is 0 Å². The summed E-state index contributed by atoms with van der Waals surface area (Å²) in [4.78, 5) is 22.9. The first kappa shape index (κ1) is 24.7. The maximum Gasteiger partial charge on any atom is 0.195 e. The third-order valence-corrected chi connectivity index (χ3v) is 9.40. The van der Waals surface area contributed by atoms with Crippen molar-refractivity contribution in [3.05, 3.63) is 58.3 Å². The number of hydrogen-bond donors (Lipinski definition) is 2. The number of nitrogen functional groups attached to an aromatic ring is 1. The normalized spacial score (nSPS) is 21.5. The lowest BCUT2D eigenvalue weighted by Gasteiger charge is -2.43. The molecule has 3 aliphatic heterocycles. The third-order valence-electron chi connectivity index (χ3n) is 9.40. The van der Waals surface area contributed by atoms with E-state index < -0.39 is 0 Å². The Kier molecular flexibility index (Phi) is 6.15. The molecule has 0 atom stereocenters. The fraction of sp³-hybridized carbons (Fsp3) is 0.469. The van der Waals surface area contributed by atoms with E-state index in [2.05, 4.69) is 38.8 Å². The molecule has 1 spiro atoms. The Morgan fingerprint density at radius 3 is 2.49 bits per heavy atom. The largest absolute Gasteiger partial charge is 0.399 e. The minimum absolute atomic E-state index is 0.0740. The second-order valence-corrected chi connectivity index (χ2v) is 11.4. The van der Waals surface area contributed by atoms with Crippen LogP contribution in [0.25, 0.3) is 10.9 Å². The Hall–Kier alpha value is -3.31. The zero-order valence-corrected chi connectivity index (χ0v) is 22.6. The highest BCUT2D eigenvalue weighted by molar-refractivity contribution is 6.20. The van der Waals surface area contributed by atoms with Crippen molar-refractivity contribution in [3.63, 3.8) is 0 Å². The predicted octanol–water partition coefficient (Wildman–Crippen LogP) is 4.06. The number of nitrogens with two attached hydrogens (primary N) is 1. The van der Waals surface area contributed by atoms with Crippen LogP contribution < -0.4 is 10.6 Å². The number of fused-ring (bicyclic) bond motifs is 6. The first-order valence-electron chi connectivity index (χ1n) is 14.3. The zero-order valence-electron chi connectivity index (χ0n) is 22.6. The Balaban J connectivity index is 1.33. The number of nitrogens with one attached hydrogen (secondary N) is 1. The van der Waals surface area contributed by atoms with Crippen LogP contribution in [0.15, 0.2) is 30.3 Å². The molecule has 0 bridgehead atoms. The number of hydrogen-bond acceptors (Lipinski definition) is 6. The lowest BCUT2D eigenvalue weighted by atomic mass is 9.64. The van der Waals surface area contributed by atoms with Gasteiger partial charge in [0, 0.05) is 84.3 Å². The maximum atomic E-state index is 14.2. The second-order valence-electron chi connectivity index (χ2n) is 11.4. The van der Waals surface area contributed by atoms with Crippen molar-refractivity contribution in [3.8, 4) is 11.8 Å². The standard InChI is InChI=1S/C32H36N4O3/c1-2-3-21-18-25-26(20-28(21)36-10-6-23(7-11-36)35-12-16-39-17-13-35)32(8-14-38-15-9-32)31-29(30(25)37)24-5-4-22(33)19-27(24)34-31/h4-5,18-20,23,34H,6-17,33H2,1H3. The van der Waals surface area contributed by atoms with Gasteiger partial charge in [0.15, 0.2) is 5.78 Å². The van der Waals surface area contributed by atoms with E-state index in [9.17, 15) is 4.79 Å². The molecule has 4 heterocycles. The number of morpholine rings is 1. The summed E-state index contributed by atoms with van der Waals surface area (Å²) in [5, 5.41) is 0.943. The van der Waals surface area contributed by atoms with Crippen molar-refractivity contribution >= 4 is 28.1 Å². The molecule has 1 aromatic heterocycles. The van der Waals surface area contributed by atoms with Gasteiger partial charge in [-0.2, -0.15) is 0 Å². The highest BCUT2D eigenvalue weighted by atomic mass is 16.5. The number of ether oxygens (including phenoxy) is 2. The molecule has 0 radical (unpaired) electrons. The topological polar surface area (TPSA) is 83.8 Å². The summed E-state index contributed by atoms with van der Waals surface area (Å²) >= 11 is 0. The van der Waals surface area contributed by atoms with E-state index in [0.29, 0.717) is 24.9 Å². The van der Waals surface area contributed by atoms with Crippen LogP contribution in [0.4, 0.5) is 11.4 Å². The molecule has 0 amide bonds. The molecule has 1 aliphatic carbocycles. The van der Waals surface area contributed by atoms with Gasteiger partial charge in [-0.25, -0.2) is 0 Å². The van der Waals surface area contributed by atoms with Gasteiger partial charge in [-0.3, -0.25) is 9.69 Å². The number of benzene rings is 2. The van der Waals surface area contributed by atoms with Crippen molar-refractivity contribution in [1.82, 2.24) is 9.88 Å². The lowest BCUT2D eigenvalue weighted by molar-refractivity contribution is 0.0115. The molecule has 7 rings (SSSR count). The zero-order chi connectivity index (χ0) is 26.6. The first-order valence-corrected chi connectivity index (χ1v) is 14.3. The van der Waals surface area contributed by atoms with E-state index in [1.54, 1.807) is 0 Å². The molecule has 7 heteroatoms. The predicted molar refractivity (Wildman–Crippen MR) is 154 cm³/mol. The fourth-order valence-corrected chi connectivity index (χ4v) is 7.40. The van der Waals surface area contributed by atoms with Gasteiger partial charge in [-0.05, 0) is 62.4 Å². The van der Waals surface area contributed by atoms with Gasteiger partial charge < -0.3 is 25.1 Å². The number of H-pyrrole nitrogens is 1. The molecule has 0 unspecified atom stereocenters. The number of carbonyl (C=O) groups excluding carboxylic acids is 1. The van der Waals surface area contributed by atoms with E-state index in [0.717, 1.165) is 110 Å². The molecule has 3 fully saturated rings. The van der Waals surface area contributed by atoms with E-state index in [4.69, 9.17) is 15.2 Å². The number of rotatable bonds is 2. The number of ketones is 1. The molecule has 2 aromatic carbocycles. The van der Waals surface area contributed by atoms with Gasteiger partial charge >= 0.3 is 0 Å². The average Bonchev–Trinajstić information content (AvgIpc) is 3.37. The number of piperidine rings is 1. The Labute approximate surface area is 229 Å². The molecule has 202 valence electrons. The van der Waals surface area contributed by atoms with Crippen LogP contribution in [-0.2, 0) is 14.9 Å². The van der Waals surface area contributed by atoms with Gasteiger partial charge in [0.25, 0.3) is 0 Å². The van der Waals surface area contributed by atoms with Crippen LogP contribution in [0.1, 0.15) is 65.3 Å². The maximum absolute atomic E-state index is 14.2. The van der Waals surface area contributed by atoms with Crippen LogP contribution >= 0.6 is 0 Å². The first-order chi connectivity index (χ1) is 19.1. The van der Waals surface area contributed by atoms with Crippen molar-refractivity contribution in [2.45, 2.75) is 44.1 Å². The fourth-order valence-electron chi connectivity index (χ4n) is 7.40. The van der Waals surface area contributed by atoms with Crippen molar-refractivity contribution in [2.24, 2.45) is 0 Å². The Morgan fingerprint density at radius 1 is 1.00 bits per heavy atom. The minimum Gasteiger partial charge on any atom is -0.399 e. The van der Waals surface area contributed by atoms with Crippen molar-refractivity contribution < 1.29 is 14.3 Å². The summed E-state index contributed by atoms with van der Waals surface area (Å²) < 4.78 is 11.4. The Bertz CT molecular complexity index is 1490. The molecule has 0 saturated carbocycles. The summed E-state index contributed by atoms with van der Waals surface area (Å²) in [5.74, 6) is 6.54. The van der Waals surface area contributed by atoms with Crippen LogP contribution in [-0.4, -0.2) is 74.3 Å². The van der Waals surface area contributed by atoms with E-state index in [-0.39, 0.29) is 11.2 Å². The number of aromatic amines is 1. The Morgan fingerprint density at radius 2 is 1.74 bits per heavy atom. The number of anilines is 2. The molecule has 39 heavy (non-hydrogen) atoms. The highest BCUT2D eigenvalue weighted by Crippen LogP contribution is 2.51. The third kappa shape index (κ3) is 3.97. The van der Waals surface area contributed by atoms with E-state index in [1.165, 1.54) is 0 Å². The quantitative estimate of drug-likeness (QED) is 0.389. The summed E-state index contributed by atoms with van der Waals surface area (Å²) in [6.07, 6.45) is 3.92. The van der Waals surface area contributed by atoms with Crippen LogP contribution in [0.5, 0.6) is 0 Å². The summed E-state index contributed by atoms with van der Waals surface area (Å²) in [6.45, 7) is 8.91. The van der Waals surface area contributed by atoms with Gasteiger partial charge in [0.1, 0.15) is 0 Å². The summed E-state index contributed by atoms with van der Waals surface area (Å²) in [7, 11) is 0.